The Morgan fingerprint density at radius 1 is 1.47 bits per heavy atom. The highest BCUT2D eigenvalue weighted by molar-refractivity contribution is 5.93. The molecule has 0 saturated carbocycles. The molecule has 0 aromatic rings. The molecule has 0 aromatic heterocycles. The number of nitrogens with zero attached hydrogens (tertiary/aromatic N) is 2. The van der Waals surface area contributed by atoms with Crippen molar-refractivity contribution < 1.29 is 14.3 Å². The van der Waals surface area contributed by atoms with Gasteiger partial charge >= 0.3 is 5.97 Å². The van der Waals surface area contributed by atoms with Gasteiger partial charge in [0.2, 0.25) is 0 Å². The topological polar surface area (TPSA) is 83.1 Å². The summed E-state index contributed by atoms with van der Waals surface area (Å²) in [6, 6.07) is 3.42. The fourth-order valence-electron chi connectivity index (χ4n) is 0.803. The average molecular weight is 208 g/mol. The molecule has 0 aliphatic heterocycles. The highest BCUT2D eigenvalue weighted by Gasteiger charge is 2.17. The van der Waals surface area contributed by atoms with Crippen molar-refractivity contribution in [2.45, 2.75) is 26.9 Å². The number of hydrogen-bond donors (Lipinski definition) is 0. The Hall–Kier alpha value is -2.01. The molecule has 0 radical (unpaired) electrons. The van der Waals surface area contributed by atoms with Gasteiger partial charge < -0.3 is 9.47 Å². The first-order valence-corrected chi connectivity index (χ1v) is 4.41. The van der Waals surface area contributed by atoms with Gasteiger partial charge in [0.1, 0.15) is 17.9 Å². The highest BCUT2D eigenvalue weighted by Crippen LogP contribution is 2.08. The minimum atomic E-state index is -0.879. The van der Waals surface area contributed by atoms with Crippen LogP contribution in [0, 0.1) is 22.7 Å². The second kappa shape index (κ2) is 6.44. The summed E-state index contributed by atoms with van der Waals surface area (Å²) in [4.78, 5) is 11.3. The Morgan fingerprint density at radius 2 is 2.07 bits per heavy atom. The van der Waals surface area contributed by atoms with Crippen LogP contribution in [-0.4, -0.2) is 18.7 Å². The summed E-state index contributed by atoms with van der Waals surface area (Å²) in [6.45, 7) is 5.02. The van der Waals surface area contributed by atoms with Crippen LogP contribution in [0.1, 0.15) is 20.8 Å². The van der Waals surface area contributed by atoms with E-state index < -0.39 is 12.1 Å². The molecule has 0 aliphatic carbocycles. The summed E-state index contributed by atoms with van der Waals surface area (Å²) >= 11 is 0. The van der Waals surface area contributed by atoms with E-state index in [0.29, 0.717) is 6.61 Å². The number of ether oxygens (including phenoxy) is 2. The first-order valence-electron chi connectivity index (χ1n) is 4.41. The second-order valence-corrected chi connectivity index (χ2v) is 2.65. The summed E-state index contributed by atoms with van der Waals surface area (Å²) in [7, 11) is 0. The molecule has 0 heterocycles. The lowest BCUT2D eigenvalue weighted by atomic mass is 10.2. The fraction of sp³-hybridized carbons (Fsp3) is 0.500. The molecule has 5 nitrogen and oxygen atoms in total. The number of nitriles is 2. The molecule has 0 aliphatic rings. The Bertz CT molecular complexity index is 347. The molecular weight excluding hydrogens is 196 g/mol. The van der Waals surface area contributed by atoms with Gasteiger partial charge in [-0.15, -0.1) is 0 Å². The number of rotatable bonds is 4. The SMILES string of the molecule is CCOC(C)=C(C#N)C(=O)OC(C)C#N. The van der Waals surface area contributed by atoms with E-state index in [1.165, 1.54) is 13.8 Å². The minimum absolute atomic E-state index is 0.204. The van der Waals surface area contributed by atoms with Crippen LogP contribution in [-0.2, 0) is 14.3 Å². The molecule has 0 fully saturated rings. The average Bonchev–Trinajstić information content (AvgIpc) is 2.19. The van der Waals surface area contributed by atoms with Gasteiger partial charge in [-0.3, -0.25) is 0 Å². The first-order chi connectivity index (χ1) is 7.06. The molecule has 0 N–H and O–H groups in total. The molecule has 0 saturated heterocycles. The van der Waals surface area contributed by atoms with Gasteiger partial charge in [0.05, 0.1) is 6.61 Å². The Morgan fingerprint density at radius 3 is 2.47 bits per heavy atom. The van der Waals surface area contributed by atoms with E-state index in [1.54, 1.807) is 19.1 Å². The minimum Gasteiger partial charge on any atom is -0.497 e. The predicted molar refractivity (Wildman–Crippen MR) is 51.1 cm³/mol. The molecular formula is C10H12N2O3. The highest BCUT2D eigenvalue weighted by atomic mass is 16.5. The van der Waals surface area contributed by atoms with Crippen molar-refractivity contribution >= 4 is 5.97 Å². The van der Waals surface area contributed by atoms with Gasteiger partial charge in [-0.1, -0.05) is 0 Å². The zero-order chi connectivity index (χ0) is 11.8. The van der Waals surface area contributed by atoms with E-state index >= 15 is 0 Å². The number of esters is 1. The maximum Gasteiger partial charge on any atom is 0.353 e. The lowest BCUT2D eigenvalue weighted by Crippen LogP contribution is -2.15. The van der Waals surface area contributed by atoms with E-state index in [2.05, 4.69) is 4.74 Å². The lowest BCUT2D eigenvalue weighted by Gasteiger charge is -2.07. The van der Waals surface area contributed by atoms with Crippen molar-refractivity contribution in [1.29, 1.82) is 10.5 Å². The molecule has 0 rings (SSSR count). The van der Waals surface area contributed by atoms with Crippen LogP contribution in [0.15, 0.2) is 11.3 Å². The molecule has 15 heavy (non-hydrogen) atoms. The monoisotopic (exact) mass is 208 g/mol. The number of hydrogen-bond acceptors (Lipinski definition) is 5. The molecule has 0 bridgehead atoms. The molecule has 0 amide bonds. The van der Waals surface area contributed by atoms with E-state index in [4.69, 9.17) is 15.3 Å². The largest absolute Gasteiger partial charge is 0.497 e. The van der Waals surface area contributed by atoms with E-state index in [0.717, 1.165) is 0 Å². The van der Waals surface area contributed by atoms with E-state index in [9.17, 15) is 4.79 Å². The van der Waals surface area contributed by atoms with Gasteiger partial charge in [0.25, 0.3) is 0 Å². The van der Waals surface area contributed by atoms with Crippen LogP contribution in [0.5, 0.6) is 0 Å². The van der Waals surface area contributed by atoms with E-state index in [-0.39, 0.29) is 11.3 Å². The maximum atomic E-state index is 11.3. The van der Waals surface area contributed by atoms with Gasteiger partial charge in [0, 0.05) is 0 Å². The van der Waals surface area contributed by atoms with Crippen LogP contribution in [0.4, 0.5) is 0 Å². The van der Waals surface area contributed by atoms with Crippen LogP contribution in [0.3, 0.4) is 0 Å². The predicted octanol–water partition coefficient (Wildman–Crippen LogP) is 1.28. The lowest BCUT2D eigenvalue weighted by molar-refractivity contribution is -0.140. The smallest absolute Gasteiger partial charge is 0.353 e. The quantitative estimate of drug-likeness (QED) is 0.300. The first kappa shape index (κ1) is 13.0. The standard InChI is InChI=1S/C10H12N2O3/c1-4-14-8(3)9(6-12)10(13)15-7(2)5-11/h7H,4H2,1-3H3. The van der Waals surface area contributed by atoms with Gasteiger partial charge in [-0.25, -0.2) is 4.79 Å². The number of allylic oxidation sites excluding steroid dienone is 1. The fourth-order valence-corrected chi connectivity index (χ4v) is 0.803. The third kappa shape index (κ3) is 4.15. The molecule has 1 atom stereocenters. The normalized spacial score (nSPS) is 12.9. The van der Waals surface area contributed by atoms with Crippen molar-refractivity contribution in [2.75, 3.05) is 6.61 Å². The van der Waals surface area contributed by atoms with Gasteiger partial charge in [-0.2, -0.15) is 10.5 Å². The Labute approximate surface area is 88.5 Å². The van der Waals surface area contributed by atoms with Crippen molar-refractivity contribution in [3.05, 3.63) is 11.3 Å². The summed E-state index contributed by atoms with van der Waals surface area (Å²) < 4.78 is 9.66. The van der Waals surface area contributed by atoms with Gasteiger partial charge in [-0.05, 0) is 20.8 Å². The molecule has 0 aromatic carbocycles. The zero-order valence-electron chi connectivity index (χ0n) is 8.90. The maximum absolute atomic E-state index is 11.3. The van der Waals surface area contributed by atoms with Crippen LogP contribution >= 0.6 is 0 Å². The molecule has 0 spiro atoms. The number of carbonyl (C=O) groups is 1. The Balaban J connectivity index is 4.72. The van der Waals surface area contributed by atoms with Crippen LogP contribution in [0.25, 0.3) is 0 Å². The third-order valence-corrected chi connectivity index (χ3v) is 1.49. The van der Waals surface area contributed by atoms with Crippen molar-refractivity contribution in [2.24, 2.45) is 0 Å². The molecule has 5 heteroatoms. The Kier molecular flexibility index (Phi) is 5.58. The molecule has 80 valence electrons. The van der Waals surface area contributed by atoms with Gasteiger partial charge in [0.15, 0.2) is 11.7 Å². The molecule has 1 unspecified atom stereocenters. The summed E-state index contributed by atoms with van der Waals surface area (Å²) in [5.74, 6) is -0.632. The van der Waals surface area contributed by atoms with Crippen LogP contribution in [0.2, 0.25) is 0 Å². The second-order valence-electron chi connectivity index (χ2n) is 2.65. The summed E-state index contributed by atoms with van der Waals surface area (Å²) in [5.41, 5.74) is -0.209. The summed E-state index contributed by atoms with van der Waals surface area (Å²) in [5, 5.41) is 17.1. The summed E-state index contributed by atoms with van der Waals surface area (Å²) in [6.07, 6.45) is -0.879. The van der Waals surface area contributed by atoms with E-state index in [1.807, 2.05) is 0 Å². The van der Waals surface area contributed by atoms with Crippen molar-refractivity contribution in [3.8, 4) is 12.1 Å². The third-order valence-electron chi connectivity index (χ3n) is 1.49. The number of carbonyl (C=O) groups excluding carboxylic acids is 1. The van der Waals surface area contributed by atoms with Crippen molar-refractivity contribution in [3.63, 3.8) is 0 Å². The van der Waals surface area contributed by atoms with Crippen LogP contribution < -0.4 is 0 Å². The zero-order valence-corrected chi connectivity index (χ0v) is 8.90. The van der Waals surface area contributed by atoms with Crippen molar-refractivity contribution in [1.82, 2.24) is 0 Å².